The first-order valence-electron chi connectivity index (χ1n) is 6.66. The van der Waals surface area contributed by atoms with Gasteiger partial charge in [0.1, 0.15) is 0 Å². The third-order valence-corrected chi connectivity index (χ3v) is 4.45. The first-order valence-corrected chi connectivity index (χ1v) is 7.47. The van der Waals surface area contributed by atoms with Gasteiger partial charge in [-0.05, 0) is 25.1 Å². The van der Waals surface area contributed by atoms with Gasteiger partial charge in [0, 0.05) is 22.5 Å². The summed E-state index contributed by atoms with van der Waals surface area (Å²) in [6.45, 7) is 3.81. The minimum atomic E-state index is -0.0557. The summed E-state index contributed by atoms with van der Waals surface area (Å²) in [6.07, 6.45) is 2.17. The lowest BCUT2D eigenvalue weighted by atomic mass is 10.1. The van der Waals surface area contributed by atoms with Gasteiger partial charge in [-0.1, -0.05) is 0 Å². The molecule has 3 heterocycles. The van der Waals surface area contributed by atoms with Crippen LogP contribution in [0.15, 0.2) is 24.4 Å². The third-order valence-electron chi connectivity index (χ3n) is 3.45. The Morgan fingerprint density at radius 1 is 1.55 bits per heavy atom. The molecule has 1 N–H and O–H groups in total. The number of thiophene rings is 1. The van der Waals surface area contributed by atoms with Crippen molar-refractivity contribution in [2.45, 2.75) is 19.4 Å². The van der Waals surface area contributed by atoms with Gasteiger partial charge in [0.25, 0.3) is 0 Å². The molecular formula is C14H17N3O2S. The van der Waals surface area contributed by atoms with Gasteiger partial charge in [-0.25, -0.2) is 0 Å². The number of aryl methyl sites for hydroxylation is 1. The van der Waals surface area contributed by atoms with Crippen molar-refractivity contribution in [2.24, 2.45) is 0 Å². The molecule has 0 saturated carbocycles. The zero-order valence-corrected chi connectivity index (χ0v) is 12.2. The van der Waals surface area contributed by atoms with Crippen molar-refractivity contribution in [3.05, 3.63) is 39.8 Å². The van der Waals surface area contributed by atoms with Crippen LogP contribution in [-0.4, -0.2) is 40.8 Å². The van der Waals surface area contributed by atoms with E-state index in [0.717, 1.165) is 10.6 Å². The highest BCUT2D eigenvalue weighted by Gasteiger charge is 2.29. The summed E-state index contributed by atoms with van der Waals surface area (Å²) < 4.78 is 5.50. The summed E-state index contributed by atoms with van der Waals surface area (Å²) in [5, 5.41) is 6.90. The van der Waals surface area contributed by atoms with E-state index >= 15 is 0 Å². The van der Waals surface area contributed by atoms with Gasteiger partial charge in [0.05, 0.1) is 31.4 Å². The second-order valence-electron chi connectivity index (χ2n) is 4.88. The smallest absolute Gasteiger partial charge is 0.228 e. The Bertz CT molecular complexity index is 579. The maximum absolute atomic E-state index is 12.5. The highest BCUT2D eigenvalue weighted by molar-refractivity contribution is 7.12. The van der Waals surface area contributed by atoms with Crippen LogP contribution in [0.25, 0.3) is 0 Å². The zero-order chi connectivity index (χ0) is 13.9. The number of morpholine rings is 1. The van der Waals surface area contributed by atoms with Crippen LogP contribution in [0.5, 0.6) is 0 Å². The van der Waals surface area contributed by atoms with E-state index in [1.165, 1.54) is 4.88 Å². The predicted molar refractivity (Wildman–Crippen MR) is 76.6 cm³/mol. The van der Waals surface area contributed by atoms with E-state index in [1.54, 1.807) is 17.5 Å². The second-order valence-corrected chi connectivity index (χ2v) is 6.25. The summed E-state index contributed by atoms with van der Waals surface area (Å²) in [5.74, 6) is 0.148. The molecule has 0 unspecified atom stereocenters. The van der Waals surface area contributed by atoms with Gasteiger partial charge in [0.15, 0.2) is 0 Å². The van der Waals surface area contributed by atoms with E-state index in [0.29, 0.717) is 26.2 Å². The lowest BCUT2D eigenvalue weighted by molar-refractivity contribution is -0.139. The van der Waals surface area contributed by atoms with Crippen LogP contribution in [0.1, 0.15) is 21.5 Å². The number of rotatable bonds is 3. The number of H-pyrrole nitrogens is 1. The van der Waals surface area contributed by atoms with Crippen molar-refractivity contribution >= 4 is 17.2 Å². The minimum Gasteiger partial charge on any atom is -0.377 e. The van der Waals surface area contributed by atoms with E-state index in [1.807, 2.05) is 17.0 Å². The van der Waals surface area contributed by atoms with E-state index in [9.17, 15) is 4.79 Å². The van der Waals surface area contributed by atoms with Crippen LogP contribution in [0, 0.1) is 6.92 Å². The largest absolute Gasteiger partial charge is 0.377 e. The van der Waals surface area contributed by atoms with Gasteiger partial charge >= 0.3 is 0 Å². The molecule has 20 heavy (non-hydrogen) atoms. The van der Waals surface area contributed by atoms with Crippen molar-refractivity contribution in [3.63, 3.8) is 0 Å². The molecule has 3 rings (SSSR count). The molecule has 1 amide bonds. The van der Waals surface area contributed by atoms with Crippen molar-refractivity contribution in [3.8, 4) is 0 Å². The fourth-order valence-electron chi connectivity index (χ4n) is 2.44. The average molecular weight is 291 g/mol. The summed E-state index contributed by atoms with van der Waals surface area (Å²) in [6, 6.07) is 5.93. The van der Waals surface area contributed by atoms with Crippen molar-refractivity contribution in [1.82, 2.24) is 15.1 Å². The SMILES string of the molecule is Cc1ccc(CC(=O)N2CCOC[C@@H]2c2ccn[nH]2)s1. The molecule has 1 aliphatic rings. The number of ether oxygens (including phenoxy) is 1. The number of nitrogens with zero attached hydrogens (tertiary/aromatic N) is 2. The molecule has 106 valence electrons. The van der Waals surface area contributed by atoms with Crippen molar-refractivity contribution in [1.29, 1.82) is 0 Å². The summed E-state index contributed by atoms with van der Waals surface area (Å²) in [4.78, 5) is 16.8. The molecule has 2 aromatic rings. The van der Waals surface area contributed by atoms with E-state index in [4.69, 9.17) is 4.74 Å². The van der Waals surface area contributed by atoms with Gasteiger partial charge in [0.2, 0.25) is 5.91 Å². The van der Waals surface area contributed by atoms with Gasteiger partial charge < -0.3 is 9.64 Å². The van der Waals surface area contributed by atoms with Crippen LogP contribution in [0.2, 0.25) is 0 Å². The number of carbonyl (C=O) groups is 1. The van der Waals surface area contributed by atoms with Crippen molar-refractivity contribution < 1.29 is 9.53 Å². The van der Waals surface area contributed by atoms with Crippen molar-refractivity contribution in [2.75, 3.05) is 19.8 Å². The highest BCUT2D eigenvalue weighted by Crippen LogP contribution is 2.24. The molecule has 2 aromatic heterocycles. The maximum Gasteiger partial charge on any atom is 0.228 e. The number of aromatic nitrogens is 2. The zero-order valence-electron chi connectivity index (χ0n) is 11.3. The monoisotopic (exact) mass is 291 g/mol. The number of hydrogen-bond donors (Lipinski definition) is 1. The molecule has 1 atom stereocenters. The van der Waals surface area contributed by atoms with E-state index < -0.39 is 0 Å². The van der Waals surface area contributed by atoms with Crippen LogP contribution in [-0.2, 0) is 16.0 Å². The second kappa shape index (κ2) is 5.76. The molecule has 1 saturated heterocycles. The molecule has 0 aliphatic carbocycles. The Kier molecular flexibility index (Phi) is 3.84. The number of aromatic amines is 1. The standard InChI is InChI=1S/C14H17N3O2S/c1-10-2-3-11(20-10)8-14(18)17-6-7-19-9-13(17)12-4-5-15-16-12/h2-5,13H,6-9H2,1H3,(H,15,16)/t13-/m1/s1. The lowest BCUT2D eigenvalue weighted by Crippen LogP contribution is -2.44. The van der Waals surface area contributed by atoms with Crippen LogP contribution >= 0.6 is 11.3 Å². The van der Waals surface area contributed by atoms with Crippen LogP contribution < -0.4 is 0 Å². The Morgan fingerprint density at radius 2 is 2.45 bits per heavy atom. The Hall–Kier alpha value is -1.66. The molecular weight excluding hydrogens is 274 g/mol. The summed E-state index contributed by atoms with van der Waals surface area (Å²) in [7, 11) is 0. The van der Waals surface area contributed by atoms with Crippen LogP contribution in [0.4, 0.5) is 0 Å². The first-order chi connectivity index (χ1) is 9.74. The Balaban J connectivity index is 1.74. The molecule has 6 heteroatoms. The van der Waals surface area contributed by atoms with Gasteiger partial charge in [-0.3, -0.25) is 9.89 Å². The summed E-state index contributed by atoms with van der Waals surface area (Å²) >= 11 is 1.68. The topological polar surface area (TPSA) is 58.2 Å². The Labute approximate surface area is 121 Å². The molecule has 0 spiro atoms. The molecule has 0 radical (unpaired) electrons. The fourth-order valence-corrected chi connectivity index (χ4v) is 3.32. The number of nitrogens with one attached hydrogen (secondary N) is 1. The maximum atomic E-state index is 12.5. The fraction of sp³-hybridized carbons (Fsp3) is 0.429. The van der Waals surface area contributed by atoms with Gasteiger partial charge in [-0.2, -0.15) is 5.10 Å². The average Bonchev–Trinajstić information content (AvgIpc) is 3.10. The van der Waals surface area contributed by atoms with E-state index in [-0.39, 0.29) is 11.9 Å². The summed E-state index contributed by atoms with van der Waals surface area (Å²) in [5.41, 5.74) is 0.931. The number of amides is 1. The predicted octanol–water partition coefficient (Wildman–Crippen LogP) is 1.92. The van der Waals surface area contributed by atoms with Gasteiger partial charge in [-0.15, -0.1) is 11.3 Å². The number of carbonyl (C=O) groups excluding carboxylic acids is 1. The normalized spacial score (nSPS) is 19.2. The third kappa shape index (κ3) is 2.76. The molecule has 1 aliphatic heterocycles. The Morgan fingerprint density at radius 3 is 3.15 bits per heavy atom. The van der Waals surface area contributed by atoms with Crippen LogP contribution in [0.3, 0.4) is 0 Å². The molecule has 1 fully saturated rings. The quantitative estimate of drug-likeness (QED) is 0.940. The molecule has 0 aromatic carbocycles. The van der Waals surface area contributed by atoms with E-state index in [2.05, 4.69) is 23.2 Å². The number of hydrogen-bond acceptors (Lipinski definition) is 4. The minimum absolute atomic E-state index is 0.0557. The first kappa shape index (κ1) is 13.3. The highest BCUT2D eigenvalue weighted by atomic mass is 32.1. The molecule has 0 bridgehead atoms. The molecule has 5 nitrogen and oxygen atoms in total. The lowest BCUT2D eigenvalue weighted by Gasteiger charge is -2.34.